The molecule has 0 aliphatic carbocycles. The first-order valence-corrected chi connectivity index (χ1v) is 8.58. The molecule has 1 heterocycles. The van der Waals surface area contributed by atoms with Gasteiger partial charge in [0.15, 0.2) is 0 Å². The number of carbonyl (C=O) groups excluding carboxylic acids is 1. The molecule has 2 N–H and O–H groups in total. The van der Waals surface area contributed by atoms with Crippen molar-refractivity contribution in [2.24, 2.45) is 0 Å². The summed E-state index contributed by atoms with van der Waals surface area (Å²) >= 11 is 1.07. The summed E-state index contributed by atoms with van der Waals surface area (Å²) in [5.74, 6) is 1.03. The van der Waals surface area contributed by atoms with Crippen LogP contribution in [-0.2, 0) is 4.79 Å². The van der Waals surface area contributed by atoms with Crippen LogP contribution >= 0.6 is 11.8 Å². The second-order valence-electron chi connectivity index (χ2n) is 5.46. The van der Waals surface area contributed by atoms with Gasteiger partial charge in [-0.25, -0.2) is 6.57 Å². The molecule has 5 nitrogen and oxygen atoms in total. The van der Waals surface area contributed by atoms with E-state index in [1.54, 1.807) is 31.2 Å². The Kier molecular flexibility index (Phi) is 5.08. The van der Waals surface area contributed by atoms with E-state index in [1.807, 2.05) is 30.3 Å². The molecule has 3 rings (SSSR count). The van der Waals surface area contributed by atoms with Gasteiger partial charge in [-0.15, -0.1) is 0 Å². The first kappa shape index (κ1) is 17.1. The standard InChI is InChI=1S/C19H16N2O3S/c1-12-16(18(20-2)25-19(12)23)17(22)21-13-8-10-15(11-9-13)24-14-6-4-3-5-7-14/h3-11,18-19,23H,1H3,(H,21,22). The number of ether oxygens (including phenoxy) is 1. The van der Waals surface area contributed by atoms with E-state index in [-0.39, 0.29) is 5.91 Å². The molecule has 0 saturated heterocycles. The molecule has 2 aromatic rings. The van der Waals surface area contributed by atoms with Crippen molar-refractivity contribution < 1.29 is 14.6 Å². The van der Waals surface area contributed by atoms with Gasteiger partial charge in [0.2, 0.25) is 0 Å². The normalized spacial score (nSPS) is 19.4. The molecule has 0 aromatic heterocycles. The van der Waals surface area contributed by atoms with E-state index in [1.165, 1.54) is 0 Å². The van der Waals surface area contributed by atoms with Crippen molar-refractivity contribution in [1.82, 2.24) is 0 Å². The second kappa shape index (κ2) is 7.43. The summed E-state index contributed by atoms with van der Waals surface area (Å²) in [5, 5.41) is 11.9. The molecular weight excluding hydrogens is 336 g/mol. The predicted molar refractivity (Wildman–Crippen MR) is 98.3 cm³/mol. The molecule has 0 bridgehead atoms. The molecule has 0 spiro atoms. The largest absolute Gasteiger partial charge is 0.457 e. The Morgan fingerprint density at radius 2 is 1.80 bits per heavy atom. The van der Waals surface area contributed by atoms with Gasteiger partial charge in [-0.2, -0.15) is 0 Å². The number of anilines is 1. The van der Waals surface area contributed by atoms with Crippen molar-refractivity contribution in [2.75, 3.05) is 5.32 Å². The maximum absolute atomic E-state index is 12.4. The number of aliphatic hydroxyl groups is 1. The zero-order valence-electron chi connectivity index (χ0n) is 13.5. The SMILES string of the molecule is [C-]#[N+]C1SC(O)C(C)=C1C(=O)Nc1ccc(Oc2ccccc2)cc1. The molecule has 1 amide bonds. The van der Waals surface area contributed by atoms with E-state index in [9.17, 15) is 9.90 Å². The number of carbonyl (C=O) groups is 1. The molecule has 6 heteroatoms. The molecule has 2 aromatic carbocycles. The molecule has 2 atom stereocenters. The summed E-state index contributed by atoms with van der Waals surface area (Å²) < 4.78 is 5.71. The smallest absolute Gasteiger partial charge is 0.302 e. The van der Waals surface area contributed by atoms with Crippen LogP contribution in [0.1, 0.15) is 6.92 Å². The van der Waals surface area contributed by atoms with Gasteiger partial charge in [-0.05, 0) is 60.7 Å². The molecule has 0 fully saturated rings. The highest BCUT2D eigenvalue weighted by Gasteiger charge is 2.39. The first-order chi connectivity index (χ1) is 12.1. The summed E-state index contributed by atoms with van der Waals surface area (Å²) in [6.45, 7) is 8.86. The van der Waals surface area contributed by atoms with Gasteiger partial charge >= 0.3 is 5.37 Å². The highest BCUT2D eigenvalue weighted by atomic mass is 32.2. The molecule has 2 unspecified atom stereocenters. The monoisotopic (exact) mass is 352 g/mol. The Labute approximate surface area is 150 Å². The lowest BCUT2D eigenvalue weighted by molar-refractivity contribution is -0.112. The van der Waals surface area contributed by atoms with Crippen molar-refractivity contribution in [2.45, 2.75) is 17.7 Å². The molecular formula is C19H16N2O3S. The van der Waals surface area contributed by atoms with Gasteiger partial charge in [-0.1, -0.05) is 18.2 Å². The molecule has 0 saturated carbocycles. The fraction of sp³-hybridized carbons (Fsp3) is 0.158. The van der Waals surface area contributed by atoms with Gasteiger partial charge in [0, 0.05) is 5.69 Å². The van der Waals surface area contributed by atoms with Crippen LogP contribution < -0.4 is 10.1 Å². The molecule has 1 aliphatic heterocycles. The van der Waals surface area contributed by atoms with E-state index in [0.29, 0.717) is 22.6 Å². The summed E-state index contributed by atoms with van der Waals surface area (Å²) in [6, 6.07) is 16.4. The number of amides is 1. The van der Waals surface area contributed by atoms with Crippen LogP contribution in [0.15, 0.2) is 65.7 Å². The maximum Gasteiger partial charge on any atom is 0.302 e. The lowest BCUT2D eigenvalue weighted by atomic mass is 10.1. The van der Waals surface area contributed by atoms with E-state index >= 15 is 0 Å². The average Bonchev–Trinajstić information content (AvgIpc) is 2.92. The number of para-hydroxylation sites is 1. The number of hydrogen-bond donors (Lipinski definition) is 2. The third-order valence-electron chi connectivity index (χ3n) is 3.75. The van der Waals surface area contributed by atoms with Gasteiger partial charge in [0.05, 0.1) is 0 Å². The molecule has 25 heavy (non-hydrogen) atoms. The van der Waals surface area contributed by atoms with Crippen LogP contribution in [0.3, 0.4) is 0 Å². The second-order valence-corrected chi connectivity index (χ2v) is 6.63. The topological polar surface area (TPSA) is 62.9 Å². The van der Waals surface area contributed by atoms with Gasteiger partial charge in [0.25, 0.3) is 5.91 Å². The third-order valence-corrected chi connectivity index (χ3v) is 4.96. The van der Waals surface area contributed by atoms with Gasteiger partial charge in [0.1, 0.15) is 22.5 Å². The average molecular weight is 352 g/mol. The fourth-order valence-electron chi connectivity index (χ4n) is 2.44. The summed E-state index contributed by atoms with van der Waals surface area (Å²) in [6.07, 6.45) is 0. The number of benzene rings is 2. The number of nitrogens with zero attached hydrogens (tertiary/aromatic N) is 1. The van der Waals surface area contributed by atoms with Crippen molar-refractivity contribution in [3.63, 3.8) is 0 Å². The summed E-state index contributed by atoms with van der Waals surface area (Å²) in [7, 11) is 0. The van der Waals surface area contributed by atoms with E-state index in [0.717, 1.165) is 17.5 Å². The highest BCUT2D eigenvalue weighted by Crippen LogP contribution is 2.38. The number of hydrogen-bond acceptors (Lipinski definition) is 4. The van der Waals surface area contributed by atoms with E-state index in [2.05, 4.69) is 10.2 Å². The first-order valence-electron chi connectivity index (χ1n) is 7.63. The van der Waals surface area contributed by atoms with Crippen LogP contribution in [0, 0.1) is 6.57 Å². The van der Waals surface area contributed by atoms with Crippen molar-refractivity contribution >= 4 is 23.4 Å². The van der Waals surface area contributed by atoms with Crippen LogP contribution in [-0.4, -0.2) is 21.8 Å². The van der Waals surface area contributed by atoms with Crippen LogP contribution in [0.2, 0.25) is 0 Å². The van der Waals surface area contributed by atoms with Crippen molar-refractivity contribution in [3.8, 4) is 11.5 Å². The Bertz CT molecular complexity index is 841. The summed E-state index contributed by atoms with van der Waals surface area (Å²) in [4.78, 5) is 15.9. The van der Waals surface area contributed by atoms with Crippen LogP contribution in [0.25, 0.3) is 4.85 Å². The predicted octanol–water partition coefficient (Wildman–Crippen LogP) is 4.04. The van der Waals surface area contributed by atoms with Gasteiger partial charge < -0.3 is 15.2 Å². The molecule has 126 valence electrons. The van der Waals surface area contributed by atoms with Crippen molar-refractivity contribution in [3.05, 3.63) is 77.2 Å². The lowest BCUT2D eigenvalue weighted by Crippen LogP contribution is -2.19. The number of rotatable bonds is 4. The Hall–Kier alpha value is -2.75. The van der Waals surface area contributed by atoms with E-state index in [4.69, 9.17) is 11.3 Å². The van der Waals surface area contributed by atoms with E-state index < -0.39 is 10.8 Å². The Balaban J connectivity index is 1.69. The lowest BCUT2D eigenvalue weighted by Gasteiger charge is -2.09. The minimum Gasteiger partial charge on any atom is -0.457 e. The highest BCUT2D eigenvalue weighted by molar-refractivity contribution is 8.01. The summed E-state index contributed by atoms with van der Waals surface area (Å²) in [5.41, 5.74) is 0.659. The zero-order valence-corrected chi connectivity index (χ0v) is 14.3. The molecule has 0 radical (unpaired) electrons. The van der Waals surface area contributed by atoms with Gasteiger partial charge in [-0.3, -0.25) is 9.64 Å². The molecule has 1 aliphatic rings. The quantitative estimate of drug-likeness (QED) is 0.815. The Morgan fingerprint density at radius 3 is 2.44 bits per heavy atom. The minimum atomic E-state index is -0.804. The third kappa shape index (κ3) is 3.85. The Morgan fingerprint density at radius 1 is 1.16 bits per heavy atom. The number of aliphatic hydroxyl groups excluding tert-OH is 1. The van der Waals surface area contributed by atoms with Crippen LogP contribution in [0.4, 0.5) is 5.69 Å². The number of thioether (sulfide) groups is 1. The van der Waals surface area contributed by atoms with Crippen molar-refractivity contribution in [1.29, 1.82) is 0 Å². The minimum absolute atomic E-state index is 0.331. The fourth-order valence-corrected chi connectivity index (χ4v) is 3.50. The van der Waals surface area contributed by atoms with Crippen LogP contribution in [0.5, 0.6) is 11.5 Å². The maximum atomic E-state index is 12.4. The zero-order chi connectivity index (χ0) is 17.8. The number of nitrogens with one attached hydrogen (secondary N) is 1.